The third kappa shape index (κ3) is 0.994. The fraction of sp³-hybridized carbons (Fsp3) is 0.786. The van der Waals surface area contributed by atoms with Crippen LogP contribution in [0.25, 0.3) is 0 Å². The molecule has 0 saturated heterocycles. The van der Waals surface area contributed by atoms with Gasteiger partial charge in [-0.3, -0.25) is 4.79 Å². The molecule has 2 fully saturated rings. The van der Waals surface area contributed by atoms with Crippen LogP contribution in [0.4, 0.5) is 0 Å². The van der Waals surface area contributed by atoms with Crippen molar-refractivity contribution in [3.05, 3.63) is 11.1 Å². The van der Waals surface area contributed by atoms with Crippen LogP contribution in [0.2, 0.25) is 0 Å². The normalized spacial score (nSPS) is 51.1. The monoisotopic (exact) mass is 220 g/mol. The summed E-state index contributed by atoms with van der Waals surface area (Å²) in [6, 6.07) is 0. The summed E-state index contributed by atoms with van der Waals surface area (Å²) in [5.74, 6) is 0.952. The van der Waals surface area contributed by atoms with Crippen LogP contribution in [0.3, 0.4) is 0 Å². The third-order valence-corrected chi connectivity index (χ3v) is 5.39. The number of carbonyl (C=O) groups excluding carboxylic acids is 1. The highest BCUT2D eigenvalue weighted by Gasteiger charge is 2.62. The van der Waals surface area contributed by atoms with Crippen LogP contribution in [0.5, 0.6) is 0 Å². The Hall–Kier alpha value is -0.630. The van der Waals surface area contributed by atoms with Gasteiger partial charge >= 0.3 is 0 Å². The first-order valence-electron chi connectivity index (χ1n) is 6.35. The molecule has 16 heavy (non-hydrogen) atoms. The molecule has 88 valence electrons. The first-order chi connectivity index (χ1) is 7.38. The van der Waals surface area contributed by atoms with Crippen molar-refractivity contribution in [3.63, 3.8) is 0 Å². The van der Waals surface area contributed by atoms with Crippen molar-refractivity contribution in [2.45, 2.75) is 52.1 Å². The standard InChI is InChI=1S/C14H20O2/c1-8-4-5-10-12-9(2)11(15)6-13(12,3)7-14(8,10)16/h8,10,16H,4-7H2,1-3H3/t8-,10-,13+,14+/m1/s1. The van der Waals surface area contributed by atoms with Crippen molar-refractivity contribution in [2.75, 3.05) is 0 Å². The van der Waals surface area contributed by atoms with Gasteiger partial charge in [0.1, 0.15) is 0 Å². The smallest absolute Gasteiger partial charge is 0.159 e. The number of hydrogen-bond donors (Lipinski definition) is 1. The Labute approximate surface area is 96.7 Å². The van der Waals surface area contributed by atoms with Crippen LogP contribution >= 0.6 is 0 Å². The number of Topliss-reactive ketones (excluding diaryl/α,β-unsaturated/α-hetero) is 1. The summed E-state index contributed by atoms with van der Waals surface area (Å²) >= 11 is 0. The zero-order chi connectivity index (χ0) is 11.7. The first-order valence-corrected chi connectivity index (χ1v) is 6.35. The van der Waals surface area contributed by atoms with Crippen molar-refractivity contribution in [3.8, 4) is 0 Å². The van der Waals surface area contributed by atoms with E-state index in [0.717, 1.165) is 24.8 Å². The van der Waals surface area contributed by atoms with Gasteiger partial charge in [-0.05, 0) is 43.1 Å². The summed E-state index contributed by atoms with van der Waals surface area (Å²) in [6.45, 7) is 6.28. The molecule has 2 nitrogen and oxygen atoms in total. The third-order valence-electron chi connectivity index (χ3n) is 5.39. The van der Waals surface area contributed by atoms with Crippen LogP contribution in [-0.4, -0.2) is 16.5 Å². The molecule has 0 bridgehead atoms. The van der Waals surface area contributed by atoms with Crippen LogP contribution in [0.1, 0.15) is 46.5 Å². The lowest BCUT2D eigenvalue weighted by atomic mass is 9.80. The lowest BCUT2D eigenvalue weighted by molar-refractivity contribution is -0.116. The molecular weight excluding hydrogens is 200 g/mol. The van der Waals surface area contributed by atoms with Gasteiger partial charge in [-0.25, -0.2) is 0 Å². The summed E-state index contributed by atoms with van der Waals surface area (Å²) in [7, 11) is 0. The van der Waals surface area contributed by atoms with Crippen LogP contribution < -0.4 is 0 Å². The van der Waals surface area contributed by atoms with Gasteiger partial charge in [0.05, 0.1) is 5.60 Å². The molecular formula is C14H20O2. The SMILES string of the molecule is CC1=C2[C@H]3CC[C@@H](C)[C@@]3(O)C[C@]2(C)CC1=O. The Morgan fingerprint density at radius 3 is 2.75 bits per heavy atom. The summed E-state index contributed by atoms with van der Waals surface area (Å²) < 4.78 is 0. The maximum absolute atomic E-state index is 11.8. The average Bonchev–Trinajstić information content (AvgIpc) is 2.64. The molecule has 0 heterocycles. The highest BCUT2D eigenvalue weighted by molar-refractivity contribution is 5.99. The van der Waals surface area contributed by atoms with Gasteiger partial charge in [-0.1, -0.05) is 19.4 Å². The van der Waals surface area contributed by atoms with E-state index in [4.69, 9.17) is 0 Å². The van der Waals surface area contributed by atoms with E-state index in [1.807, 2.05) is 6.92 Å². The van der Waals surface area contributed by atoms with E-state index in [9.17, 15) is 9.90 Å². The molecule has 0 aromatic rings. The van der Waals surface area contributed by atoms with Crippen LogP contribution in [0.15, 0.2) is 11.1 Å². The maximum Gasteiger partial charge on any atom is 0.159 e. The molecule has 3 rings (SSSR count). The topological polar surface area (TPSA) is 37.3 Å². The van der Waals surface area contributed by atoms with Crippen molar-refractivity contribution < 1.29 is 9.90 Å². The number of ketones is 1. The fourth-order valence-corrected chi connectivity index (χ4v) is 4.60. The Morgan fingerprint density at radius 2 is 2.06 bits per heavy atom. The Morgan fingerprint density at radius 1 is 1.38 bits per heavy atom. The molecule has 2 heteroatoms. The second kappa shape index (κ2) is 2.79. The van der Waals surface area contributed by atoms with Gasteiger partial charge in [0.15, 0.2) is 5.78 Å². The number of rotatable bonds is 0. The van der Waals surface area contributed by atoms with E-state index in [1.54, 1.807) is 0 Å². The number of carbonyl (C=O) groups is 1. The van der Waals surface area contributed by atoms with Gasteiger partial charge < -0.3 is 5.11 Å². The van der Waals surface area contributed by atoms with Crippen molar-refractivity contribution in [1.29, 1.82) is 0 Å². The number of aliphatic hydroxyl groups is 1. The maximum atomic E-state index is 11.8. The minimum atomic E-state index is -0.522. The molecule has 3 aliphatic carbocycles. The second-order valence-corrected chi connectivity index (χ2v) is 6.40. The first kappa shape index (κ1) is 10.5. The molecule has 0 aliphatic heterocycles. The van der Waals surface area contributed by atoms with Gasteiger partial charge in [0, 0.05) is 12.3 Å². The number of hydrogen-bond acceptors (Lipinski definition) is 2. The van der Waals surface area contributed by atoms with Crippen molar-refractivity contribution in [1.82, 2.24) is 0 Å². The van der Waals surface area contributed by atoms with Gasteiger partial charge in [-0.15, -0.1) is 0 Å². The summed E-state index contributed by atoms with van der Waals surface area (Å²) in [4.78, 5) is 11.8. The molecule has 2 saturated carbocycles. The molecule has 0 aromatic carbocycles. The summed E-state index contributed by atoms with van der Waals surface area (Å²) in [5, 5.41) is 10.8. The van der Waals surface area contributed by atoms with Gasteiger partial charge in [-0.2, -0.15) is 0 Å². The molecule has 0 radical (unpaired) electrons. The van der Waals surface area contributed by atoms with Gasteiger partial charge in [0.25, 0.3) is 0 Å². The van der Waals surface area contributed by atoms with E-state index < -0.39 is 5.60 Å². The number of fused-ring (bicyclic) bond motifs is 3. The highest BCUT2D eigenvalue weighted by Crippen LogP contribution is 2.64. The minimum Gasteiger partial charge on any atom is -0.389 e. The summed E-state index contributed by atoms with van der Waals surface area (Å²) in [5.41, 5.74) is 1.70. The average molecular weight is 220 g/mol. The number of allylic oxidation sites excluding steroid dienone is 1. The van der Waals surface area contributed by atoms with E-state index >= 15 is 0 Å². The van der Waals surface area contributed by atoms with E-state index in [0.29, 0.717) is 18.1 Å². The van der Waals surface area contributed by atoms with E-state index in [2.05, 4.69) is 13.8 Å². The highest BCUT2D eigenvalue weighted by atomic mass is 16.3. The Balaban J connectivity index is 2.14. The van der Waals surface area contributed by atoms with Gasteiger partial charge in [0.2, 0.25) is 0 Å². The van der Waals surface area contributed by atoms with Crippen molar-refractivity contribution >= 4 is 5.78 Å². The molecule has 0 aromatic heterocycles. The zero-order valence-corrected chi connectivity index (χ0v) is 10.3. The molecule has 0 spiro atoms. The predicted molar refractivity (Wildman–Crippen MR) is 61.9 cm³/mol. The zero-order valence-electron chi connectivity index (χ0n) is 10.3. The Kier molecular flexibility index (Phi) is 1.83. The minimum absolute atomic E-state index is 0.0325. The molecule has 1 N–H and O–H groups in total. The largest absolute Gasteiger partial charge is 0.389 e. The molecule has 0 amide bonds. The lowest BCUT2D eigenvalue weighted by Gasteiger charge is -2.29. The van der Waals surface area contributed by atoms with E-state index in [1.165, 1.54) is 5.57 Å². The molecule has 4 atom stereocenters. The van der Waals surface area contributed by atoms with E-state index in [-0.39, 0.29) is 11.3 Å². The predicted octanol–water partition coefficient (Wildman–Crippen LogP) is 2.46. The lowest BCUT2D eigenvalue weighted by Crippen LogP contribution is -2.35. The van der Waals surface area contributed by atoms with Crippen LogP contribution in [-0.2, 0) is 4.79 Å². The quantitative estimate of drug-likeness (QED) is 0.681. The summed E-state index contributed by atoms with van der Waals surface area (Å²) in [6.07, 6.45) is 3.58. The molecule has 0 unspecified atom stereocenters. The van der Waals surface area contributed by atoms with Crippen LogP contribution in [0, 0.1) is 17.3 Å². The fourth-order valence-electron chi connectivity index (χ4n) is 4.60. The Bertz CT molecular complexity index is 409. The second-order valence-electron chi connectivity index (χ2n) is 6.40. The van der Waals surface area contributed by atoms with Crippen molar-refractivity contribution in [2.24, 2.45) is 17.3 Å². The molecule has 3 aliphatic rings.